The Morgan fingerprint density at radius 1 is 1.39 bits per heavy atom. The normalized spacial score (nSPS) is 13.3. The molecule has 0 aliphatic heterocycles. The molecule has 1 rings (SSSR count). The highest BCUT2D eigenvalue weighted by Gasteiger charge is 2.20. The Morgan fingerprint density at radius 3 is 2.56 bits per heavy atom. The van der Waals surface area contributed by atoms with Gasteiger partial charge in [-0.15, -0.1) is 0 Å². The SMILES string of the molecule is CC(C)(CNCC(N)CC(=O)O)c1ccccc1. The van der Waals surface area contributed by atoms with Crippen molar-refractivity contribution in [3.8, 4) is 0 Å². The van der Waals surface area contributed by atoms with Crippen LogP contribution in [0.1, 0.15) is 25.8 Å². The van der Waals surface area contributed by atoms with Crippen molar-refractivity contribution in [2.45, 2.75) is 31.7 Å². The van der Waals surface area contributed by atoms with Gasteiger partial charge in [0.25, 0.3) is 0 Å². The van der Waals surface area contributed by atoms with E-state index in [4.69, 9.17) is 10.8 Å². The molecule has 0 spiro atoms. The Morgan fingerprint density at radius 2 is 2.00 bits per heavy atom. The fourth-order valence-corrected chi connectivity index (χ4v) is 1.86. The number of nitrogens with one attached hydrogen (secondary N) is 1. The third-order valence-electron chi connectivity index (χ3n) is 2.97. The van der Waals surface area contributed by atoms with E-state index in [-0.39, 0.29) is 17.9 Å². The van der Waals surface area contributed by atoms with Gasteiger partial charge in [0, 0.05) is 24.5 Å². The van der Waals surface area contributed by atoms with Crippen LogP contribution in [0, 0.1) is 0 Å². The first kappa shape index (κ1) is 14.7. The Kier molecular flexibility index (Phi) is 5.31. The molecule has 4 N–H and O–H groups in total. The van der Waals surface area contributed by atoms with Crippen LogP contribution in [0.15, 0.2) is 30.3 Å². The molecule has 0 aromatic heterocycles. The summed E-state index contributed by atoms with van der Waals surface area (Å²) in [6.07, 6.45) is -0.00122. The van der Waals surface area contributed by atoms with Crippen molar-refractivity contribution in [3.05, 3.63) is 35.9 Å². The van der Waals surface area contributed by atoms with E-state index in [0.29, 0.717) is 6.54 Å². The molecule has 0 aliphatic rings. The molecule has 1 unspecified atom stereocenters. The zero-order chi connectivity index (χ0) is 13.6. The van der Waals surface area contributed by atoms with Crippen LogP contribution in [0.2, 0.25) is 0 Å². The minimum Gasteiger partial charge on any atom is -0.481 e. The van der Waals surface area contributed by atoms with Gasteiger partial charge in [-0.2, -0.15) is 0 Å². The van der Waals surface area contributed by atoms with Crippen molar-refractivity contribution in [3.63, 3.8) is 0 Å². The first-order chi connectivity index (χ1) is 8.42. The van der Waals surface area contributed by atoms with Crippen molar-refractivity contribution in [2.75, 3.05) is 13.1 Å². The zero-order valence-electron chi connectivity index (χ0n) is 11.0. The summed E-state index contributed by atoms with van der Waals surface area (Å²) < 4.78 is 0. The highest BCUT2D eigenvalue weighted by molar-refractivity contribution is 5.67. The number of carboxylic acids is 1. The van der Waals surface area contributed by atoms with Gasteiger partial charge in [-0.05, 0) is 5.56 Å². The fourth-order valence-electron chi connectivity index (χ4n) is 1.86. The molecule has 1 aromatic rings. The van der Waals surface area contributed by atoms with Crippen LogP contribution in [0.4, 0.5) is 0 Å². The van der Waals surface area contributed by atoms with Gasteiger partial charge in [-0.1, -0.05) is 44.2 Å². The second kappa shape index (κ2) is 6.52. The van der Waals surface area contributed by atoms with Crippen LogP contribution in [-0.2, 0) is 10.2 Å². The maximum absolute atomic E-state index is 10.5. The molecule has 0 saturated carbocycles. The summed E-state index contributed by atoms with van der Waals surface area (Å²) in [6.45, 7) is 5.59. The van der Waals surface area contributed by atoms with E-state index in [1.54, 1.807) is 0 Å². The number of aliphatic carboxylic acids is 1. The lowest BCUT2D eigenvalue weighted by Gasteiger charge is -2.26. The molecule has 0 amide bonds. The molecule has 1 atom stereocenters. The molecular weight excluding hydrogens is 228 g/mol. The number of carboxylic acid groups (broad SMARTS) is 1. The van der Waals surface area contributed by atoms with Gasteiger partial charge >= 0.3 is 5.97 Å². The third-order valence-corrected chi connectivity index (χ3v) is 2.97. The van der Waals surface area contributed by atoms with Crippen LogP contribution >= 0.6 is 0 Å². The summed E-state index contributed by atoms with van der Waals surface area (Å²) in [6, 6.07) is 9.89. The van der Waals surface area contributed by atoms with Gasteiger partial charge < -0.3 is 16.2 Å². The molecule has 0 fully saturated rings. The predicted octanol–water partition coefficient (Wildman–Crippen LogP) is 1.36. The van der Waals surface area contributed by atoms with Gasteiger partial charge in [0.2, 0.25) is 0 Å². The molecule has 18 heavy (non-hydrogen) atoms. The molecule has 0 aliphatic carbocycles. The molecule has 100 valence electrons. The number of benzene rings is 1. The largest absolute Gasteiger partial charge is 0.481 e. The minimum atomic E-state index is -0.855. The second-order valence-electron chi connectivity index (χ2n) is 5.24. The predicted molar refractivity (Wildman–Crippen MR) is 72.6 cm³/mol. The number of carbonyl (C=O) groups is 1. The molecule has 0 saturated heterocycles. The first-order valence-corrected chi connectivity index (χ1v) is 6.15. The summed E-state index contributed by atoms with van der Waals surface area (Å²) >= 11 is 0. The van der Waals surface area contributed by atoms with Gasteiger partial charge in [0.05, 0.1) is 6.42 Å². The van der Waals surface area contributed by atoms with Crippen molar-refractivity contribution < 1.29 is 9.90 Å². The van der Waals surface area contributed by atoms with E-state index < -0.39 is 5.97 Å². The van der Waals surface area contributed by atoms with Crippen LogP contribution in [0.5, 0.6) is 0 Å². The van der Waals surface area contributed by atoms with E-state index in [0.717, 1.165) is 6.54 Å². The maximum atomic E-state index is 10.5. The monoisotopic (exact) mass is 250 g/mol. The molecule has 0 radical (unpaired) electrons. The van der Waals surface area contributed by atoms with Crippen molar-refractivity contribution in [2.24, 2.45) is 5.73 Å². The van der Waals surface area contributed by atoms with Crippen LogP contribution < -0.4 is 11.1 Å². The third kappa shape index (κ3) is 4.85. The summed E-state index contributed by atoms with van der Waals surface area (Å²) in [5, 5.41) is 11.9. The zero-order valence-corrected chi connectivity index (χ0v) is 11.0. The number of rotatable bonds is 7. The van der Waals surface area contributed by atoms with Crippen LogP contribution in [-0.4, -0.2) is 30.2 Å². The fraction of sp³-hybridized carbons (Fsp3) is 0.500. The highest BCUT2D eigenvalue weighted by atomic mass is 16.4. The Hall–Kier alpha value is -1.39. The summed E-state index contributed by atoms with van der Waals surface area (Å²) in [7, 11) is 0. The van der Waals surface area contributed by atoms with E-state index in [1.165, 1.54) is 5.56 Å². The van der Waals surface area contributed by atoms with Gasteiger partial charge in [0.1, 0.15) is 0 Å². The summed E-state index contributed by atoms with van der Waals surface area (Å²) in [4.78, 5) is 10.5. The lowest BCUT2D eigenvalue weighted by atomic mass is 9.84. The smallest absolute Gasteiger partial charge is 0.304 e. The molecule has 4 heteroatoms. The molecular formula is C14H22N2O2. The average molecular weight is 250 g/mol. The first-order valence-electron chi connectivity index (χ1n) is 6.15. The summed E-state index contributed by atoms with van der Waals surface area (Å²) in [5.74, 6) is -0.855. The maximum Gasteiger partial charge on any atom is 0.304 e. The number of hydrogen-bond donors (Lipinski definition) is 3. The summed E-state index contributed by atoms with van der Waals surface area (Å²) in [5.41, 5.74) is 6.96. The van der Waals surface area contributed by atoms with Crippen molar-refractivity contribution >= 4 is 5.97 Å². The lowest BCUT2D eigenvalue weighted by Crippen LogP contribution is -2.41. The molecule has 0 heterocycles. The van der Waals surface area contributed by atoms with Crippen molar-refractivity contribution in [1.29, 1.82) is 0 Å². The Balaban J connectivity index is 2.41. The molecule has 0 bridgehead atoms. The highest BCUT2D eigenvalue weighted by Crippen LogP contribution is 2.21. The standard InChI is InChI=1S/C14H22N2O2/c1-14(2,11-6-4-3-5-7-11)10-16-9-12(15)8-13(17)18/h3-7,12,16H,8-10,15H2,1-2H3,(H,17,18). The average Bonchev–Trinajstić information content (AvgIpc) is 2.29. The minimum absolute atomic E-state index is 0.00122. The molecule has 4 nitrogen and oxygen atoms in total. The van der Waals surface area contributed by atoms with E-state index >= 15 is 0 Å². The van der Waals surface area contributed by atoms with Crippen LogP contribution in [0.25, 0.3) is 0 Å². The van der Waals surface area contributed by atoms with E-state index in [2.05, 4.69) is 31.3 Å². The lowest BCUT2D eigenvalue weighted by molar-refractivity contribution is -0.137. The topological polar surface area (TPSA) is 75.3 Å². The van der Waals surface area contributed by atoms with Gasteiger partial charge in [-0.25, -0.2) is 0 Å². The van der Waals surface area contributed by atoms with Gasteiger partial charge in [-0.3, -0.25) is 4.79 Å². The van der Waals surface area contributed by atoms with Gasteiger partial charge in [0.15, 0.2) is 0 Å². The second-order valence-corrected chi connectivity index (χ2v) is 5.24. The molecule has 1 aromatic carbocycles. The Bertz CT molecular complexity index is 377. The van der Waals surface area contributed by atoms with E-state index in [9.17, 15) is 4.79 Å². The van der Waals surface area contributed by atoms with Crippen LogP contribution in [0.3, 0.4) is 0 Å². The van der Waals surface area contributed by atoms with Crippen molar-refractivity contribution in [1.82, 2.24) is 5.32 Å². The quantitative estimate of drug-likeness (QED) is 0.683. The Labute approximate surface area is 108 Å². The number of hydrogen-bond acceptors (Lipinski definition) is 3. The number of nitrogens with two attached hydrogens (primary N) is 1. The van der Waals surface area contributed by atoms with E-state index in [1.807, 2.05) is 18.2 Å².